The summed E-state index contributed by atoms with van der Waals surface area (Å²) in [6, 6.07) is 14.9. The van der Waals surface area contributed by atoms with Gasteiger partial charge in [0.2, 0.25) is 5.91 Å². The molecular formula is C18H14Cl2N2OS. The van der Waals surface area contributed by atoms with Crippen molar-refractivity contribution in [3.05, 3.63) is 64.1 Å². The van der Waals surface area contributed by atoms with Gasteiger partial charge >= 0.3 is 0 Å². The molecule has 0 atom stereocenters. The lowest BCUT2D eigenvalue weighted by Gasteiger charge is -2.08. The van der Waals surface area contributed by atoms with Crippen LogP contribution in [-0.4, -0.2) is 16.6 Å². The van der Waals surface area contributed by atoms with Crippen molar-refractivity contribution in [2.75, 3.05) is 11.1 Å². The van der Waals surface area contributed by atoms with E-state index in [4.69, 9.17) is 23.2 Å². The predicted octanol–water partition coefficient (Wildman–Crippen LogP) is 5.58. The molecule has 0 aliphatic heterocycles. The number of para-hydroxylation sites is 1. The van der Waals surface area contributed by atoms with Crippen LogP contribution in [0.15, 0.2) is 53.6 Å². The Labute approximate surface area is 154 Å². The number of benzene rings is 2. The highest BCUT2D eigenvalue weighted by atomic mass is 35.5. The second kappa shape index (κ2) is 7.43. The zero-order chi connectivity index (χ0) is 17.1. The average Bonchev–Trinajstić information content (AvgIpc) is 2.52. The topological polar surface area (TPSA) is 42.0 Å². The van der Waals surface area contributed by atoms with Gasteiger partial charge in [-0.1, -0.05) is 53.2 Å². The van der Waals surface area contributed by atoms with Gasteiger partial charge in [0.25, 0.3) is 0 Å². The van der Waals surface area contributed by atoms with E-state index in [1.807, 2.05) is 37.3 Å². The standard InChI is InChI=1S/C18H14Cl2N2OS/c1-11-6-18(22-16-5-3-2-4-15(11)16)24-10-17(23)21-14-8-12(19)7-13(20)9-14/h2-9H,10H2,1H3,(H,21,23). The van der Waals surface area contributed by atoms with Crippen molar-refractivity contribution in [2.45, 2.75) is 11.9 Å². The van der Waals surface area contributed by atoms with E-state index in [2.05, 4.69) is 10.3 Å². The summed E-state index contributed by atoms with van der Waals surface area (Å²) < 4.78 is 0. The van der Waals surface area contributed by atoms with E-state index in [0.29, 0.717) is 15.7 Å². The van der Waals surface area contributed by atoms with Crippen LogP contribution in [0.25, 0.3) is 10.9 Å². The number of hydrogen-bond acceptors (Lipinski definition) is 3. The van der Waals surface area contributed by atoms with E-state index in [9.17, 15) is 4.79 Å². The first-order valence-corrected chi connectivity index (χ1v) is 9.00. The minimum Gasteiger partial charge on any atom is -0.325 e. The zero-order valence-electron chi connectivity index (χ0n) is 12.8. The molecule has 3 rings (SSSR count). The van der Waals surface area contributed by atoms with Gasteiger partial charge in [0.1, 0.15) is 0 Å². The summed E-state index contributed by atoms with van der Waals surface area (Å²) in [6.07, 6.45) is 0. The number of nitrogens with one attached hydrogen (secondary N) is 1. The fraction of sp³-hybridized carbons (Fsp3) is 0.111. The number of carbonyl (C=O) groups is 1. The number of carbonyl (C=O) groups excluding carboxylic acids is 1. The number of thioether (sulfide) groups is 1. The number of fused-ring (bicyclic) bond motifs is 1. The molecule has 2 aromatic carbocycles. The number of pyridine rings is 1. The Kier molecular flexibility index (Phi) is 5.29. The Morgan fingerprint density at radius 3 is 2.58 bits per heavy atom. The third-order valence-electron chi connectivity index (χ3n) is 3.40. The Hall–Kier alpha value is -1.75. The molecule has 1 N–H and O–H groups in total. The zero-order valence-corrected chi connectivity index (χ0v) is 15.2. The quantitative estimate of drug-likeness (QED) is 0.604. The van der Waals surface area contributed by atoms with Crippen molar-refractivity contribution in [2.24, 2.45) is 0 Å². The number of halogens is 2. The lowest BCUT2D eigenvalue weighted by Crippen LogP contribution is -2.14. The molecule has 1 heterocycles. The highest BCUT2D eigenvalue weighted by Gasteiger charge is 2.08. The molecule has 0 bridgehead atoms. The van der Waals surface area contributed by atoms with E-state index in [0.717, 1.165) is 21.5 Å². The number of anilines is 1. The third kappa shape index (κ3) is 4.20. The van der Waals surface area contributed by atoms with Crippen molar-refractivity contribution in [3.8, 4) is 0 Å². The van der Waals surface area contributed by atoms with Crippen LogP contribution < -0.4 is 5.32 Å². The summed E-state index contributed by atoms with van der Waals surface area (Å²) in [5.74, 6) is 0.125. The summed E-state index contributed by atoms with van der Waals surface area (Å²) in [5, 5.41) is 5.71. The predicted molar refractivity (Wildman–Crippen MR) is 102 cm³/mol. The number of hydrogen-bond donors (Lipinski definition) is 1. The van der Waals surface area contributed by atoms with E-state index in [1.165, 1.54) is 11.8 Å². The molecule has 0 radical (unpaired) electrons. The van der Waals surface area contributed by atoms with Gasteiger partial charge in [0, 0.05) is 21.1 Å². The van der Waals surface area contributed by atoms with Crippen molar-refractivity contribution < 1.29 is 4.79 Å². The molecule has 6 heteroatoms. The third-order valence-corrected chi connectivity index (χ3v) is 4.74. The summed E-state index contributed by atoms with van der Waals surface area (Å²) in [4.78, 5) is 16.7. The SMILES string of the molecule is Cc1cc(SCC(=O)Nc2cc(Cl)cc(Cl)c2)nc2ccccc12. The van der Waals surface area contributed by atoms with Crippen molar-refractivity contribution in [1.29, 1.82) is 0 Å². The maximum atomic E-state index is 12.1. The second-order valence-electron chi connectivity index (χ2n) is 5.29. The number of amides is 1. The summed E-state index contributed by atoms with van der Waals surface area (Å²) in [5.41, 5.74) is 2.66. The number of rotatable bonds is 4. The Balaban J connectivity index is 1.68. The largest absolute Gasteiger partial charge is 0.325 e. The molecule has 0 aliphatic rings. The van der Waals surface area contributed by atoms with Crippen LogP contribution in [0, 0.1) is 6.92 Å². The molecule has 0 saturated heterocycles. The van der Waals surface area contributed by atoms with E-state index in [-0.39, 0.29) is 11.7 Å². The van der Waals surface area contributed by atoms with Crippen molar-refractivity contribution in [1.82, 2.24) is 4.98 Å². The van der Waals surface area contributed by atoms with Crippen LogP contribution in [0.3, 0.4) is 0 Å². The van der Waals surface area contributed by atoms with Gasteiger partial charge in [0.15, 0.2) is 0 Å². The fourth-order valence-corrected chi connectivity index (χ4v) is 3.66. The van der Waals surface area contributed by atoms with Crippen molar-refractivity contribution >= 4 is 57.5 Å². The molecular weight excluding hydrogens is 363 g/mol. The molecule has 1 aromatic heterocycles. The van der Waals surface area contributed by atoms with Crippen molar-refractivity contribution in [3.63, 3.8) is 0 Å². The molecule has 0 aliphatic carbocycles. The molecule has 0 fully saturated rings. The van der Waals surface area contributed by atoms with E-state index >= 15 is 0 Å². The van der Waals surface area contributed by atoms with Crippen LogP contribution >= 0.6 is 35.0 Å². The number of aromatic nitrogens is 1. The molecule has 0 unspecified atom stereocenters. The normalized spacial score (nSPS) is 10.8. The Bertz CT molecular complexity index is 894. The van der Waals surface area contributed by atoms with Crippen LogP contribution in [0.2, 0.25) is 10.0 Å². The highest BCUT2D eigenvalue weighted by Crippen LogP contribution is 2.25. The minimum absolute atomic E-state index is 0.133. The molecule has 3 nitrogen and oxygen atoms in total. The van der Waals surface area contributed by atoms with E-state index in [1.54, 1.807) is 18.2 Å². The van der Waals surface area contributed by atoms with Gasteiger partial charge in [-0.25, -0.2) is 4.98 Å². The smallest absolute Gasteiger partial charge is 0.234 e. The summed E-state index contributed by atoms with van der Waals surface area (Å²) in [7, 11) is 0. The lowest BCUT2D eigenvalue weighted by molar-refractivity contribution is -0.113. The summed E-state index contributed by atoms with van der Waals surface area (Å²) >= 11 is 13.3. The maximum absolute atomic E-state index is 12.1. The molecule has 0 saturated carbocycles. The van der Waals surface area contributed by atoms with Gasteiger partial charge in [-0.3, -0.25) is 4.79 Å². The van der Waals surface area contributed by atoms with E-state index < -0.39 is 0 Å². The van der Waals surface area contributed by atoms with Crippen LogP contribution in [0.1, 0.15) is 5.56 Å². The molecule has 3 aromatic rings. The van der Waals surface area contributed by atoms with Gasteiger partial charge in [-0.2, -0.15) is 0 Å². The molecule has 122 valence electrons. The maximum Gasteiger partial charge on any atom is 0.234 e. The highest BCUT2D eigenvalue weighted by molar-refractivity contribution is 7.99. The van der Waals surface area contributed by atoms with Gasteiger partial charge in [0.05, 0.1) is 16.3 Å². The number of nitrogens with zero attached hydrogens (tertiary/aromatic N) is 1. The Morgan fingerprint density at radius 2 is 1.83 bits per heavy atom. The Morgan fingerprint density at radius 1 is 1.12 bits per heavy atom. The first-order chi connectivity index (χ1) is 11.5. The van der Waals surface area contributed by atoms with Crippen LogP contribution in [0.4, 0.5) is 5.69 Å². The summed E-state index contributed by atoms with van der Waals surface area (Å²) in [6.45, 7) is 2.04. The first-order valence-electron chi connectivity index (χ1n) is 7.26. The minimum atomic E-state index is -0.133. The van der Waals surface area contributed by atoms with Gasteiger partial charge in [-0.05, 0) is 42.8 Å². The fourth-order valence-electron chi connectivity index (χ4n) is 2.36. The lowest BCUT2D eigenvalue weighted by atomic mass is 10.1. The van der Waals surface area contributed by atoms with Gasteiger partial charge in [-0.15, -0.1) is 0 Å². The second-order valence-corrected chi connectivity index (χ2v) is 7.16. The van der Waals surface area contributed by atoms with Crippen LogP contribution in [0.5, 0.6) is 0 Å². The first kappa shape index (κ1) is 17.1. The molecule has 1 amide bonds. The van der Waals surface area contributed by atoms with Crippen LogP contribution in [-0.2, 0) is 4.79 Å². The monoisotopic (exact) mass is 376 g/mol. The number of aryl methyl sites for hydroxylation is 1. The average molecular weight is 377 g/mol. The molecule has 24 heavy (non-hydrogen) atoms. The van der Waals surface area contributed by atoms with Gasteiger partial charge < -0.3 is 5.32 Å². The molecule has 0 spiro atoms.